The van der Waals surface area contributed by atoms with Gasteiger partial charge in [-0.05, 0) is 0 Å². The van der Waals surface area contributed by atoms with Gasteiger partial charge in [0.05, 0.1) is 6.20 Å². The van der Waals surface area contributed by atoms with Gasteiger partial charge in [-0.3, -0.25) is 19.2 Å². The molecule has 14 nitrogen and oxygen atoms in total. The lowest BCUT2D eigenvalue weighted by molar-refractivity contribution is -0.270. The Morgan fingerprint density at radius 2 is 1.53 bits per heavy atom. The number of aromatic nitrogens is 3. The van der Waals surface area contributed by atoms with Crippen molar-refractivity contribution in [2.24, 2.45) is 0 Å². The Bertz CT molecular complexity index is 944. The number of ether oxygens (including phenoxy) is 6. The van der Waals surface area contributed by atoms with Gasteiger partial charge in [-0.2, -0.15) is 0 Å². The second kappa shape index (κ2) is 11.9. The third kappa shape index (κ3) is 7.37. The predicted octanol–water partition coefficient (Wildman–Crippen LogP) is -0.237. The Kier molecular flexibility index (Phi) is 9.24. The zero-order valence-corrected chi connectivity index (χ0v) is 19.0. The molecule has 2 heterocycles. The maximum absolute atomic E-state index is 11.9. The molecule has 0 aliphatic carbocycles. The van der Waals surface area contributed by atoms with Gasteiger partial charge < -0.3 is 28.4 Å². The lowest BCUT2D eigenvalue weighted by Crippen LogP contribution is -2.60. The summed E-state index contributed by atoms with van der Waals surface area (Å²) in [5.74, 6) is -3.58. The third-order valence-electron chi connectivity index (χ3n) is 4.31. The topological polar surface area (TPSA) is 171 Å². The monoisotopic (exact) mass is 483 g/mol. The molecule has 0 unspecified atom stereocenters. The normalized spacial score (nSPS) is 23.8. The van der Waals surface area contributed by atoms with Gasteiger partial charge in [0.1, 0.15) is 25.0 Å². The van der Waals surface area contributed by atoms with E-state index in [9.17, 15) is 24.0 Å². The fraction of sp³-hybridized carbons (Fsp3) is 0.550. The van der Waals surface area contributed by atoms with Gasteiger partial charge in [-0.25, -0.2) is 9.48 Å². The van der Waals surface area contributed by atoms with E-state index in [1.54, 1.807) is 0 Å². The molecule has 0 bridgehead atoms. The molecule has 1 aromatic heterocycles. The van der Waals surface area contributed by atoms with Crippen LogP contribution in [0.4, 0.5) is 0 Å². The molecule has 1 saturated heterocycles. The fourth-order valence-corrected chi connectivity index (χ4v) is 3.13. The number of nitrogens with zero attached hydrogens (tertiary/aromatic N) is 3. The van der Waals surface area contributed by atoms with E-state index < -0.39 is 60.5 Å². The summed E-state index contributed by atoms with van der Waals surface area (Å²) < 4.78 is 33.0. The van der Waals surface area contributed by atoms with Crippen molar-refractivity contribution in [3.8, 4) is 0 Å². The van der Waals surface area contributed by atoms with Gasteiger partial charge in [0.15, 0.2) is 24.5 Å². The Morgan fingerprint density at radius 3 is 2.09 bits per heavy atom. The summed E-state index contributed by atoms with van der Waals surface area (Å²) in [6, 6.07) is 0. The van der Waals surface area contributed by atoms with Crippen molar-refractivity contribution < 1.29 is 52.4 Å². The average Bonchev–Trinajstić information content (AvgIpc) is 3.21. The maximum atomic E-state index is 11.9. The molecular formula is C20H25N3O11. The van der Waals surface area contributed by atoms with E-state index in [1.807, 2.05) is 0 Å². The molecule has 2 rings (SSSR count). The highest BCUT2D eigenvalue weighted by molar-refractivity contribution is 5.81. The Morgan fingerprint density at radius 1 is 0.941 bits per heavy atom. The minimum Gasteiger partial charge on any atom is -0.463 e. The molecule has 1 aliphatic heterocycles. The first kappa shape index (κ1) is 26.4. The number of esters is 5. The maximum Gasteiger partial charge on any atom is 0.330 e. The van der Waals surface area contributed by atoms with Crippen molar-refractivity contribution in [2.75, 3.05) is 6.61 Å². The highest BCUT2D eigenvalue weighted by atomic mass is 16.7. The molecule has 14 heteroatoms. The van der Waals surface area contributed by atoms with Crippen LogP contribution < -0.4 is 0 Å². The third-order valence-corrected chi connectivity index (χ3v) is 4.31. The molecular weight excluding hydrogens is 458 g/mol. The summed E-state index contributed by atoms with van der Waals surface area (Å²) in [6.45, 7) is 7.19. The number of hydrogen-bond acceptors (Lipinski definition) is 13. The number of carbonyl (C=O) groups is 5. The van der Waals surface area contributed by atoms with E-state index in [2.05, 4.69) is 16.9 Å². The Balaban J connectivity index is 2.45. The summed E-state index contributed by atoms with van der Waals surface area (Å²) in [7, 11) is 0. The van der Waals surface area contributed by atoms with Crippen molar-refractivity contribution in [3.05, 3.63) is 24.5 Å². The molecule has 5 atom stereocenters. The molecule has 34 heavy (non-hydrogen) atoms. The number of rotatable bonds is 9. The average molecular weight is 483 g/mol. The first-order valence-corrected chi connectivity index (χ1v) is 10.0. The molecule has 0 radical (unpaired) electrons. The van der Waals surface area contributed by atoms with Gasteiger partial charge in [0.25, 0.3) is 0 Å². The van der Waals surface area contributed by atoms with Gasteiger partial charge in [0.2, 0.25) is 0 Å². The summed E-state index contributed by atoms with van der Waals surface area (Å²) in [5.41, 5.74) is 0.211. The highest BCUT2D eigenvalue weighted by Crippen LogP contribution is 2.34. The van der Waals surface area contributed by atoms with E-state index in [-0.39, 0.29) is 18.9 Å². The first-order valence-electron chi connectivity index (χ1n) is 10.0. The minimum absolute atomic E-state index is 0.211. The van der Waals surface area contributed by atoms with Crippen LogP contribution in [0.3, 0.4) is 0 Å². The quantitative estimate of drug-likeness (QED) is 0.256. The van der Waals surface area contributed by atoms with Crippen molar-refractivity contribution >= 4 is 29.8 Å². The molecule has 0 N–H and O–H groups in total. The van der Waals surface area contributed by atoms with E-state index in [0.717, 1.165) is 31.5 Å². The van der Waals surface area contributed by atoms with E-state index in [4.69, 9.17) is 28.4 Å². The van der Waals surface area contributed by atoms with Crippen LogP contribution in [0.5, 0.6) is 0 Å². The van der Waals surface area contributed by atoms with Crippen LogP contribution in [0, 0.1) is 0 Å². The summed E-state index contributed by atoms with van der Waals surface area (Å²) in [4.78, 5) is 58.1. The van der Waals surface area contributed by atoms with Crippen LogP contribution in [0.25, 0.3) is 0 Å². The van der Waals surface area contributed by atoms with Crippen LogP contribution in [0.1, 0.15) is 39.6 Å². The lowest BCUT2D eigenvalue weighted by atomic mass is 9.97. The molecule has 0 aromatic carbocycles. The van der Waals surface area contributed by atoms with Crippen LogP contribution in [-0.2, 0) is 59.0 Å². The van der Waals surface area contributed by atoms with Gasteiger partial charge >= 0.3 is 29.8 Å². The highest BCUT2D eigenvalue weighted by Gasteiger charge is 2.53. The van der Waals surface area contributed by atoms with Crippen molar-refractivity contribution in [3.63, 3.8) is 0 Å². The van der Waals surface area contributed by atoms with Crippen LogP contribution in [0.15, 0.2) is 18.9 Å². The molecule has 1 fully saturated rings. The molecule has 0 spiro atoms. The van der Waals surface area contributed by atoms with E-state index in [1.165, 1.54) is 13.1 Å². The molecule has 186 valence electrons. The van der Waals surface area contributed by atoms with Gasteiger partial charge in [-0.15, -0.1) is 5.10 Å². The van der Waals surface area contributed by atoms with Crippen molar-refractivity contribution in [1.82, 2.24) is 15.0 Å². The number of hydrogen-bond donors (Lipinski definition) is 0. The van der Waals surface area contributed by atoms with Gasteiger partial charge in [-0.1, -0.05) is 11.8 Å². The molecule has 0 amide bonds. The van der Waals surface area contributed by atoms with E-state index >= 15 is 0 Å². The van der Waals surface area contributed by atoms with Gasteiger partial charge in [0, 0.05) is 33.8 Å². The lowest BCUT2D eigenvalue weighted by Gasteiger charge is -2.44. The van der Waals surface area contributed by atoms with E-state index in [0.29, 0.717) is 0 Å². The Hall–Kier alpha value is -3.81. The zero-order chi connectivity index (χ0) is 25.4. The molecule has 1 aliphatic rings. The predicted molar refractivity (Wildman–Crippen MR) is 107 cm³/mol. The van der Waals surface area contributed by atoms with Crippen LogP contribution in [0.2, 0.25) is 0 Å². The SMILES string of the molecule is C=CC(=O)OCc1cn([C@@H]2O[C@@H](COC(C)=O)[C@H](OC(C)=O)[C@@H](OC(C)=O)[C@H]2OC(C)=O)nn1. The second-order valence-electron chi connectivity index (χ2n) is 7.09. The summed E-state index contributed by atoms with van der Waals surface area (Å²) >= 11 is 0. The Labute approximate surface area is 194 Å². The van der Waals surface area contributed by atoms with Crippen molar-refractivity contribution in [2.45, 2.75) is 64.9 Å². The summed E-state index contributed by atoms with van der Waals surface area (Å²) in [6.07, 6.45) is -4.06. The zero-order valence-electron chi connectivity index (χ0n) is 19.0. The second-order valence-corrected chi connectivity index (χ2v) is 7.09. The summed E-state index contributed by atoms with van der Waals surface area (Å²) in [5, 5.41) is 7.77. The number of carbonyl (C=O) groups excluding carboxylic acids is 5. The standard InChI is InChI=1S/C20H25N3O11/c1-6-16(28)30-8-14-7-23(22-21-14)20-19(33-13(5)27)18(32-12(4)26)17(31-11(3)25)15(34-20)9-29-10(2)24/h6-7,15,17-20H,1,8-9H2,2-5H3/t15-,17-,18+,19+,20+/m0/s1. The molecule has 1 aromatic rings. The largest absolute Gasteiger partial charge is 0.463 e. The smallest absolute Gasteiger partial charge is 0.330 e. The molecule has 0 saturated carbocycles. The minimum atomic E-state index is -1.35. The van der Waals surface area contributed by atoms with Crippen LogP contribution >= 0.6 is 0 Å². The van der Waals surface area contributed by atoms with Crippen LogP contribution in [-0.4, -0.2) is 75.9 Å². The van der Waals surface area contributed by atoms with Crippen molar-refractivity contribution in [1.29, 1.82) is 0 Å². The fourth-order valence-electron chi connectivity index (χ4n) is 3.13. The first-order chi connectivity index (χ1) is 16.0.